The summed E-state index contributed by atoms with van der Waals surface area (Å²) in [7, 11) is 0. The maximum atomic E-state index is 12.9. The zero-order valence-electron chi connectivity index (χ0n) is 16.5. The third-order valence-electron chi connectivity index (χ3n) is 5.10. The Morgan fingerprint density at radius 3 is 2.66 bits per heavy atom. The zero-order chi connectivity index (χ0) is 20.8. The molecule has 1 unspecified atom stereocenters. The molecule has 1 heterocycles. The molecule has 0 radical (unpaired) electrons. The highest BCUT2D eigenvalue weighted by Gasteiger charge is 2.28. The molecule has 7 heteroatoms. The number of hydrogen-bond acceptors (Lipinski definition) is 4. The molecule has 0 bridgehead atoms. The summed E-state index contributed by atoms with van der Waals surface area (Å²) in [4.78, 5) is 37.7. The molecule has 2 amide bonds. The maximum absolute atomic E-state index is 12.9. The van der Waals surface area contributed by atoms with Crippen LogP contribution in [0.3, 0.4) is 0 Å². The number of piperidine rings is 1. The Balaban J connectivity index is 1.76. The lowest BCUT2D eigenvalue weighted by atomic mass is 9.96. The van der Waals surface area contributed by atoms with Crippen molar-refractivity contribution < 1.29 is 24.2 Å². The first-order chi connectivity index (χ1) is 14.0. The number of carboxylic acids is 1. The number of nitrogens with zero attached hydrogens (tertiary/aromatic N) is 1. The fourth-order valence-electron chi connectivity index (χ4n) is 3.67. The number of likely N-dealkylation sites (tertiary alicyclic amines) is 1. The summed E-state index contributed by atoms with van der Waals surface area (Å²) in [5.41, 5.74) is 0.644. The molecule has 1 saturated heterocycles. The number of carbonyl (C=O) groups excluding carboxylic acids is 2. The molecule has 2 aromatic carbocycles. The number of benzene rings is 2. The number of aliphatic carboxylic acids is 1. The van der Waals surface area contributed by atoms with Gasteiger partial charge in [0.25, 0.3) is 0 Å². The first-order valence-corrected chi connectivity index (χ1v) is 9.94. The lowest BCUT2D eigenvalue weighted by molar-refractivity contribution is -0.139. The molecular formula is C22H26N2O5. The van der Waals surface area contributed by atoms with Crippen LogP contribution in [0.2, 0.25) is 0 Å². The van der Waals surface area contributed by atoms with Crippen molar-refractivity contribution in [3.63, 3.8) is 0 Å². The number of nitrogens with one attached hydrogen (secondary N) is 1. The third-order valence-corrected chi connectivity index (χ3v) is 5.10. The van der Waals surface area contributed by atoms with Crippen molar-refractivity contribution in [3.05, 3.63) is 36.4 Å². The highest BCUT2D eigenvalue weighted by molar-refractivity contribution is 6.05. The molecule has 0 spiro atoms. The number of anilines is 1. The monoisotopic (exact) mass is 398 g/mol. The molecule has 0 aromatic heterocycles. The van der Waals surface area contributed by atoms with Crippen molar-refractivity contribution in [2.75, 3.05) is 25.0 Å². The van der Waals surface area contributed by atoms with Gasteiger partial charge >= 0.3 is 5.97 Å². The molecule has 0 aliphatic carbocycles. The fourth-order valence-corrected chi connectivity index (χ4v) is 3.67. The number of rotatable bonds is 7. The van der Waals surface area contributed by atoms with Crippen molar-refractivity contribution in [2.24, 2.45) is 5.92 Å². The minimum absolute atomic E-state index is 0.107. The van der Waals surface area contributed by atoms with Gasteiger partial charge in [-0.05, 0) is 31.4 Å². The van der Waals surface area contributed by atoms with E-state index in [9.17, 15) is 14.4 Å². The van der Waals surface area contributed by atoms with Gasteiger partial charge in [0.05, 0.1) is 5.92 Å². The second-order valence-electron chi connectivity index (χ2n) is 7.26. The quantitative estimate of drug-likeness (QED) is 0.746. The van der Waals surface area contributed by atoms with Crippen LogP contribution in [0.25, 0.3) is 10.8 Å². The average Bonchev–Trinajstić information content (AvgIpc) is 2.73. The van der Waals surface area contributed by atoms with Crippen molar-refractivity contribution in [1.29, 1.82) is 0 Å². The van der Waals surface area contributed by atoms with E-state index >= 15 is 0 Å². The lowest BCUT2D eigenvalue weighted by Gasteiger charge is -2.32. The van der Waals surface area contributed by atoms with E-state index in [0.29, 0.717) is 30.9 Å². The van der Waals surface area contributed by atoms with E-state index in [1.165, 1.54) is 0 Å². The van der Waals surface area contributed by atoms with Crippen LogP contribution in [-0.4, -0.2) is 47.5 Å². The molecule has 2 N–H and O–H groups in total. The summed E-state index contributed by atoms with van der Waals surface area (Å²) in [6, 6.07) is 10.8. The molecule has 1 atom stereocenters. The van der Waals surface area contributed by atoms with Crippen molar-refractivity contribution in [1.82, 2.24) is 4.90 Å². The number of carbonyl (C=O) groups is 3. The number of fused-ring (bicyclic) bond motifs is 1. The molecule has 1 fully saturated rings. The Morgan fingerprint density at radius 2 is 1.93 bits per heavy atom. The maximum Gasteiger partial charge on any atom is 0.341 e. The van der Waals surface area contributed by atoms with Crippen molar-refractivity contribution in [2.45, 2.75) is 32.6 Å². The van der Waals surface area contributed by atoms with Gasteiger partial charge in [-0.15, -0.1) is 0 Å². The van der Waals surface area contributed by atoms with E-state index in [2.05, 4.69) is 5.32 Å². The predicted molar refractivity (Wildman–Crippen MR) is 110 cm³/mol. The Kier molecular flexibility index (Phi) is 6.69. The summed E-state index contributed by atoms with van der Waals surface area (Å²) < 4.78 is 5.36. The Labute approximate surface area is 169 Å². The van der Waals surface area contributed by atoms with Gasteiger partial charge in [0.15, 0.2) is 6.61 Å². The van der Waals surface area contributed by atoms with E-state index in [1.807, 2.05) is 31.2 Å². The van der Waals surface area contributed by atoms with Crippen molar-refractivity contribution >= 4 is 34.2 Å². The molecule has 1 aliphatic heterocycles. The van der Waals surface area contributed by atoms with E-state index in [1.54, 1.807) is 17.0 Å². The minimum atomic E-state index is -1.05. The summed E-state index contributed by atoms with van der Waals surface area (Å²) in [5, 5.41) is 13.3. The first kappa shape index (κ1) is 20.6. The molecule has 7 nitrogen and oxygen atoms in total. The average molecular weight is 398 g/mol. The first-order valence-electron chi connectivity index (χ1n) is 9.94. The van der Waals surface area contributed by atoms with Gasteiger partial charge in [0, 0.05) is 36.0 Å². The number of hydrogen-bond donors (Lipinski definition) is 2. The van der Waals surface area contributed by atoms with E-state index in [4.69, 9.17) is 9.84 Å². The zero-order valence-corrected chi connectivity index (χ0v) is 16.5. The minimum Gasteiger partial charge on any atom is -0.481 e. The largest absolute Gasteiger partial charge is 0.481 e. The standard InChI is InChI=1S/C22H26N2O5/c1-2-6-20(25)24-12-5-7-15(13-24)22(28)23-18-10-11-19(29-14-21(26)27)17-9-4-3-8-16(17)18/h3-4,8-11,15H,2,5-7,12-14H2,1H3,(H,23,28)(H,26,27). The van der Waals surface area contributed by atoms with Gasteiger partial charge in [-0.1, -0.05) is 31.2 Å². The van der Waals surface area contributed by atoms with Crippen LogP contribution in [0.1, 0.15) is 32.6 Å². The van der Waals surface area contributed by atoms with Gasteiger partial charge < -0.3 is 20.1 Å². The van der Waals surface area contributed by atoms with Crippen LogP contribution in [0.4, 0.5) is 5.69 Å². The fraction of sp³-hybridized carbons (Fsp3) is 0.409. The van der Waals surface area contributed by atoms with Gasteiger partial charge in [-0.2, -0.15) is 0 Å². The molecule has 3 rings (SSSR count). The predicted octanol–water partition coefficient (Wildman–Crippen LogP) is 3.28. The van der Waals surface area contributed by atoms with E-state index in [0.717, 1.165) is 30.0 Å². The third kappa shape index (κ3) is 5.04. The van der Waals surface area contributed by atoms with Crippen LogP contribution >= 0.6 is 0 Å². The van der Waals surface area contributed by atoms with E-state index in [-0.39, 0.29) is 17.7 Å². The van der Waals surface area contributed by atoms with Gasteiger partial charge in [-0.3, -0.25) is 9.59 Å². The number of ether oxygens (including phenoxy) is 1. The molecule has 29 heavy (non-hydrogen) atoms. The van der Waals surface area contributed by atoms with Crippen LogP contribution in [0.15, 0.2) is 36.4 Å². The summed E-state index contributed by atoms with van der Waals surface area (Å²) >= 11 is 0. The van der Waals surface area contributed by atoms with Crippen LogP contribution in [-0.2, 0) is 14.4 Å². The normalized spacial score (nSPS) is 16.4. The smallest absolute Gasteiger partial charge is 0.341 e. The molecule has 0 saturated carbocycles. The second-order valence-corrected chi connectivity index (χ2v) is 7.26. The van der Waals surface area contributed by atoms with Crippen LogP contribution in [0.5, 0.6) is 5.75 Å². The Hall–Kier alpha value is -3.09. The van der Waals surface area contributed by atoms with Gasteiger partial charge in [-0.25, -0.2) is 4.79 Å². The van der Waals surface area contributed by atoms with E-state index < -0.39 is 12.6 Å². The summed E-state index contributed by atoms with van der Waals surface area (Å²) in [6.45, 7) is 2.70. The molecular weight excluding hydrogens is 372 g/mol. The molecule has 2 aromatic rings. The molecule has 154 valence electrons. The SMILES string of the molecule is CCCC(=O)N1CCCC(C(=O)Nc2ccc(OCC(=O)O)c3ccccc23)C1. The highest BCUT2D eigenvalue weighted by atomic mass is 16.5. The lowest BCUT2D eigenvalue weighted by Crippen LogP contribution is -2.43. The van der Waals surface area contributed by atoms with Crippen LogP contribution in [0, 0.1) is 5.92 Å². The Bertz CT molecular complexity index is 911. The van der Waals surface area contributed by atoms with Gasteiger partial charge in [0.2, 0.25) is 11.8 Å². The Morgan fingerprint density at radius 1 is 1.17 bits per heavy atom. The van der Waals surface area contributed by atoms with Crippen molar-refractivity contribution in [3.8, 4) is 5.75 Å². The number of carboxylic acid groups (broad SMARTS) is 1. The highest BCUT2D eigenvalue weighted by Crippen LogP contribution is 2.32. The van der Waals surface area contributed by atoms with Gasteiger partial charge in [0.1, 0.15) is 5.75 Å². The topological polar surface area (TPSA) is 95.9 Å². The summed E-state index contributed by atoms with van der Waals surface area (Å²) in [5.74, 6) is -0.842. The van der Waals surface area contributed by atoms with Crippen LogP contribution < -0.4 is 10.1 Å². The summed E-state index contributed by atoms with van der Waals surface area (Å²) in [6.07, 6.45) is 2.88. The second kappa shape index (κ2) is 9.41. The molecule has 1 aliphatic rings. The number of amides is 2.